The zero-order chi connectivity index (χ0) is 21.3. The minimum Gasteiger partial charge on any atom is -0.496 e. The van der Waals surface area contributed by atoms with Gasteiger partial charge in [0.1, 0.15) is 5.75 Å². The number of ether oxygens (including phenoxy) is 1. The van der Waals surface area contributed by atoms with Crippen LogP contribution in [0.5, 0.6) is 5.75 Å². The summed E-state index contributed by atoms with van der Waals surface area (Å²) in [7, 11) is 1.13. The van der Waals surface area contributed by atoms with E-state index >= 15 is 0 Å². The van der Waals surface area contributed by atoms with E-state index in [0.717, 1.165) is 25.3 Å². The van der Waals surface area contributed by atoms with Crippen molar-refractivity contribution in [2.24, 2.45) is 0 Å². The fraction of sp³-hybridized carbons (Fsp3) is 0.188. The van der Waals surface area contributed by atoms with Gasteiger partial charge in [-0.1, -0.05) is 0 Å². The molecular formula is C16H10F6N2O4. The van der Waals surface area contributed by atoms with Crippen LogP contribution < -0.4 is 10.1 Å². The molecule has 1 N–H and O–H groups in total. The Bertz CT molecular complexity index is 892. The van der Waals surface area contributed by atoms with Crippen molar-refractivity contribution in [3.05, 3.63) is 63.2 Å². The Labute approximate surface area is 152 Å². The SMILES string of the molecule is COc1ccc([N+](=O)[O-])cc1C(=O)Nc1cc(C(F)(F)F)cc(C(F)(F)F)c1. The second kappa shape index (κ2) is 7.37. The topological polar surface area (TPSA) is 81.5 Å². The average Bonchev–Trinajstić information content (AvgIpc) is 2.59. The number of nitro groups is 1. The summed E-state index contributed by atoms with van der Waals surface area (Å²) >= 11 is 0. The molecule has 0 saturated heterocycles. The number of methoxy groups -OCH3 is 1. The summed E-state index contributed by atoms with van der Waals surface area (Å²) in [5.74, 6) is -1.35. The molecule has 0 unspecified atom stereocenters. The van der Waals surface area contributed by atoms with Crippen LogP contribution in [0.15, 0.2) is 36.4 Å². The molecule has 28 heavy (non-hydrogen) atoms. The van der Waals surface area contributed by atoms with Gasteiger partial charge < -0.3 is 10.1 Å². The zero-order valence-electron chi connectivity index (χ0n) is 13.8. The second-order valence-electron chi connectivity index (χ2n) is 5.39. The van der Waals surface area contributed by atoms with Gasteiger partial charge in [-0.15, -0.1) is 0 Å². The van der Waals surface area contributed by atoms with E-state index in [9.17, 15) is 41.3 Å². The number of nitrogens with zero attached hydrogens (tertiary/aromatic N) is 1. The lowest BCUT2D eigenvalue weighted by Gasteiger charge is -2.15. The van der Waals surface area contributed by atoms with E-state index in [0.29, 0.717) is 12.1 Å². The monoisotopic (exact) mass is 408 g/mol. The van der Waals surface area contributed by atoms with Gasteiger partial charge in [-0.2, -0.15) is 26.3 Å². The number of hydrogen-bond acceptors (Lipinski definition) is 4. The van der Waals surface area contributed by atoms with Gasteiger partial charge in [-0.05, 0) is 24.3 Å². The minimum absolute atomic E-state index is 0.0937. The minimum atomic E-state index is -5.09. The summed E-state index contributed by atoms with van der Waals surface area (Å²) < 4.78 is 82.1. The molecule has 2 rings (SSSR count). The van der Waals surface area contributed by atoms with Gasteiger partial charge in [0.15, 0.2) is 0 Å². The first kappa shape index (κ1) is 21.0. The number of halogens is 6. The summed E-state index contributed by atoms with van der Waals surface area (Å²) in [6.45, 7) is 0. The van der Waals surface area contributed by atoms with Gasteiger partial charge in [0.05, 0.1) is 28.7 Å². The fourth-order valence-electron chi connectivity index (χ4n) is 2.21. The molecule has 0 aromatic heterocycles. The lowest BCUT2D eigenvalue weighted by molar-refractivity contribution is -0.384. The van der Waals surface area contributed by atoms with Crippen LogP contribution in [0.1, 0.15) is 21.5 Å². The third-order valence-corrected chi connectivity index (χ3v) is 3.48. The van der Waals surface area contributed by atoms with Crippen molar-refractivity contribution in [3.63, 3.8) is 0 Å². The maximum atomic E-state index is 12.9. The highest BCUT2D eigenvalue weighted by Gasteiger charge is 2.37. The summed E-state index contributed by atoms with van der Waals surface area (Å²) in [6.07, 6.45) is -10.2. The van der Waals surface area contributed by atoms with Crippen molar-refractivity contribution in [3.8, 4) is 5.75 Å². The van der Waals surface area contributed by atoms with Crippen LogP contribution in [0.25, 0.3) is 0 Å². The Morgan fingerprint density at radius 2 is 1.54 bits per heavy atom. The number of hydrogen-bond donors (Lipinski definition) is 1. The highest BCUT2D eigenvalue weighted by atomic mass is 19.4. The molecule has 0 bridgehead atoms. The van der Waals surface area contributed by atoms with Crippen molar-refractivity contribution in [1.82, 2.24) is 0 Å². The fourth-order valence-corrected chi connectivity index (χ4v) is 2.21. The van der Waals surface area contributed by atoms with Crippen LogP contribution in [-0.4, -0.2) is 17.9 Å². The number of nitro benzene ring substituents is 1. The van der Waals surface area contributed by atoms with Crippen LogP contribution >= 0.6 is 0 Å². The van der Waals surface area contributed by atoms with E-state index in [2.05, 4.69) is 0 Å². The van der Waals surface area contributed by atoms with Gasteiger partial charge in [0, 0.05) is 17.8 Å². The molecule has 0 aliphatic rings. The van der Waals surface area contributed by atoms with Crippen molar-refractivity contribution in [2.75, 3.05) is 12.4 Å². The van der Waals surface area contributed by atoms with Crippen LogP contribution in [0.2, 0.25) is 0 Å². The molecule has 0 heterocycles. The molecule has 150 valence electrons. The summed E-state index contributed by atoms with van der Waals surface area (Å²) in [6, 6.07) is 3.41. The summed E-state index contributed by atoms with van der Waals surface area (Å²) in [5, 5.41) is 12.7. The highest BCUT2D eigenvalue weighted by molar-refractivity contribution is 6.06. The second-order valence-corrected chi connectivity index (χ2v) is 5.39. The lowest BCUT2D eigenvalue weighted by atomic mass is 10.1. The molecule has 6 nitrogen and oxygen atoms in total. The van der Waals surface area contributed by atoms with Crippen LogP contribution in [0, 0.1) is 10.1 Å². The van der Waals surface area contributed by atoms with Crippen LogP contribution in [0.4, 0.5) is 37.7 Å². The largest absolute Gasteiger partial charge is 0.496 e. The van der Waals surface area contributed by atoms with Gasteiger partial charge in [0.2, 0.25) is 0 Å². The molecule has 0 aliphatic heterocycles. The van der Waals surface area contributed by atoms with E-state index in [4.69, 9.17) is 4.74 Å². The molecule has 0 spiro atoms. The van der Waals surface area contributed by atoms with E-state index in [1.54, 1.807) is 0 Å². The predicted octanol–water partition coefficient (Wildman–Crippen LogP) is 4.89. The predicted molar refractivity (Wildman–Crippen MR) is 84.0 cm³/mol. The first-order chi connectivity index (χ1) is 12.8. The number of alkyl halides is 6. The number of benzene rings is 2. The van der Waals surface area contributed by atoms with Gasteiger partial charge in [-0.3, -0.25) is 14.9 Å². The van der Waals surface area contributed by atoms with Crippen LogP contribution in [0.3, 0.4) is 0 Å². The number of anilines is 1. The van der Waals surface area contributed by atoms with E-state index in [1.165, 1.54) is 0 Å². The number of non-ortho nitro benzene ring substituents is 1. The molecule has 0 saturated carbocycles. The third kappa shape index (κ3) is 4.69. The first-order valence-corrected chi connectivity index (χ1v) is 7.26. The standard InChI is InChI=1S/C16H10F6N2O4/c1-28-13-3-2-11(24(26)27)7-12(13)14(25)23-10-5-8(15(17,18)19)4-9(6-10)16(20,21)22/h2-7H,1H3,(H,23,25). The van der Waals surface area contributed by atoms with Crippen molar-refractivity contribution >= 4 is 17.3 Å². The van der Waals surface area contributed by atoms with Crippen molar-refractivity contribution < 1.29 is 40.8 Å². The molecule has 2 aromatic rings. The van der Waals surface area contributed by atoms with Crippen molar-refractivity contribution in [1.29, 1.82) is 0 Å². The molecule has 0 atom stereocenters. The maximum absolute atomic E-state index is 12.9. The zero-order valence-corrected chi connectivity index (χ0v) is 13.8. The smallest absolute Gasteiger partial charge is 0.416 e. The Hall–Kier alpha value is -3.31. The number of carbonyl (C=O) groups is 1. The molecule has 1 amide bonds. The Balaban J connectivity index is 2.49. The van der Waals surface area contributed by atoms with Gasteiger partial charge in [0.25, 0.3) is 11.6 Å². The maximum Gasteiger partial charge on any atom is 0.416 e. The van der Waals surface area contributed by atoms with E-state index in [-0.39, 0.29) is 11.8 Å². The molecule has 0 radical (unpaired) electrons. The lowest BCUT2D eigenvalue weighted by Crippen LogP contribution is -2.16. The summed E-state index contributed by atoms with van der Waals surface area (Å²) in [4.78, 5) is 22.3. The Morgan fingerprint density at radius 3 is 1.96 bits per heavy atom. The Morgan fingerprint density at radius 1 is 1.00 bits per heavy atom. The number of nitrogens with one attached hydrogen (secondary N) is 1. The van der Waals surface area contributed by atoms with Gasteiger partial charge in [-0.25, -0.2) is 0 Å². The molecular weight excluding hydrogens is 398 g/mol. The van der Waals surface area contributed by atoms with Crippen LogP contribution in [-0.2, 0) is 12.4 Å². The Kier molecular flexibility index (Phi) is 5.52. The first-order valence-electron chi connectivity index (χ1n) is 7.26. The average molecular weight is 408 g/mol. The normalized spacial score (nSPS) is 11.8. The number of amides is 1. The highest BCUT2D eigenvalue weighted by Crippen LogP contribution is 2.37. The number of carbonyl (C=O) groups excluding carboxylic acids is 1. The number of rotatable bonds is 4. The van der Waals surface area contributed by atoms with Gasteiger partial charge >= 0.3 is 12.4 Å². The van der Waals surface area contributed by atoms with E-state index in [1.807, 2.05) is 5.32 Å². The van der Waals surface area contributed by atoms with Crippen molar-refractivity contribution in [2.45, 2.75) is 12.4 Å². The molecule has 12 heteroatoms. The summed E-state index contributed by atoms with van der Waals surface area (Å²) in [5.41, 5.74) is -5.00. The molecule has 2 aromatic carbocycles. The molecule has 0 fully saturated rings. The van der Waals surface area contributed by atoms with E-state index < -0.39 is 51.2 Å². The molecule has 0 aliphatic carbocycles. The quantitative estimate of drug-likeness (QED) is 0.444. The third-order valence-electron chi connectivity index (χ3n) is 3.48.